The Balaban J connectivity index is 2.95. The molecule has 0 spiro atoms. The van der Waals surface area contributed by atoms with Crippen LogP contribution in [-0.4, -0.2) is 13.2 Å². The SMILES string of the molecule is [CH2]CCCCCCCCCCCCCCCCCOCCCCCC[CH2]. The summed E-state index contributed by atoms with van der Waals surface area (Å²) in [6.07, 6.45) is 28.6. The van der Waals surface area contributed by atoms with Gasteiger partial charge < -0.3 is 4.74 Å². The van der Waals surface area contributed by atoms with Crippen LogP contribution in [0.1, 0.15) is 135 Å². The second kappa shape index (κ2) is 25.0. The number of ether oxygens (including phenoxy) is 1. The maximum absolute atomic E-state index is 5.71. The summed E-state index contributed by atoms with van der Waals surface area (Å²) in [7, 11) is 0. The molecule has 26 heavy (non-hydrogen) atoms. The molecule has 0 aromatic heterocycles. The van der Waals surface area contributed by atoms with Crippen molar-refractivity contribution in [2.45, 2.75) is 135 Å². The largest absolute Gasteiger partial charge is 0.381 e. The van der Waals surface area contributed by atoms with Crippen LogP contribution in [-0.2, 0) is 4.74 Å². The van der Waals surface area contributed by atoms with Gasteiger partial charge >= 0.3 is 0 Å². The summed E-state index contributed by atoms with van der Waals surface area (Å²) < 4.78 is 5.71. The molecular weight excluding hydrogens is 316 g/mol. The van der Waals surface area contributed by atoms with Gasteiger partial charge in [-0.25, -0.2) is 0 Å². The Kier molecular flexibility index (Phi) is 24.9. The fourth-order valence-electron chi connectivity index (χ4n) is 3.52. The molecule has 0 saturated carbocycles. The van der Waals surface area contributed by atoms with Crippen LogP contribution in [0.3, 0.4) is 0 Å². The lowest BCUT2D eigenvalue weighted by Gasteiger charge is -2.05. The molecule has 0 amide bonds. The van der Waals surface area contributed by atoms with E-state index in [1.807, 2.05) is 0 Å². The molecule has 0 heterocycles. The lowest BCUT2D eigenvalue weighted by molar-refractivity contribution is 0.125. The third-order valence-electron chi connectivity index (χ3n) is 5.33. The number of rotatable bonds is 23. The summed E-state index contributed by atoms with van der Waals surface area (Å²) in [6.45, 7) is 9.72. The average Bonchev–Trinajstić information content (AvgIpc) is 2.66. The first-order valence-electron chi connectivity index (χ1n) is 12.1. The summed E-state index contributed by atoms with van der Waals surface area (Å²) in [5.74, 6) is 0. The Morgan fingerprint density at radius 3 is 0.808 bits per heavy atom. The molecule has 0 saturated heterocycles. The molecule has 0 N–H and O–H groups in total. The van der Waals surface area contributed by atoms with Crippen LogP contribution in [0.15, 0.2) is 0 Å². The van der Waals surface area contributed by atoms with E-state index in [0.717, 1.165) is 26.1 Å². The highest BCUT2D eigenvalue weighted by molar-refractivity contribution is 4.51. The van der Waals surface area contributed by atoms with Crippen molar-refractivity contribution in [1.82, 2.24) is 0 Å². The van der Waals surface area contributed by atoms with E-state index in [0.29, 0.717) is 0 Å². The summed E-state index contributed by atoms with van der Waals surface area (Å²) in [4.78, 5) is 0. The van der Waals surface area contributed by atoms with Gasteiger partial charge in [-0.1, -0.05) is 136 Å². The minimum atomic E-state index is 0.966. The third kappa shape index (κ3) is 24.0. The summed E-state index contributed by atoms with van der Waals surface area (Å²) >= 11 is 0. The van der Waals surface area contributed by atoms with E-state index in [-0.39, 0.29) is 0 Å². The lowest BCUT2D eigenvalue weighted by Crippen LogP contribution is -1.97. The van der Waals surface area contributed by atoms with Crippen LogP contribution < -0.4 is 0 Å². The van der Waals surface area contributed by atoms with E-state index in [4.69, 9.17) is 4.74 Å². The average molecular weight is 367 g/mol. The summed E-state index contributed by atoms with van der Waals surface area (Å²) in [6, 6.07) is 0. The normalized spacial score (nSPS) is 11.3. The van der Waals surface area contributed by atoms with E-state index in [9.17, 15) is 0 Å². The zero-order valence-electron chi connectivity index (χ0n) is 18.1. The maximum atomic E-state index is 5.71. The highest BCUT2D eigenvalue weighted by Crippen LogP contribution is 2.13. The van der Waals surface area contributed by atoms with E-state index in [1.54, 1.807) is 0 Å². The molecule has 0 aliphatic heterocycles. The highest BCUT2D eigenvalue weighted by Gasteiger charge is 1.95. The number of hydrogen-bond donors (Lipinski definition) is 0. The van der Waals surface area contributed by atoms with E-state index >= 15 is 0 Å². The molecule has 0 rings (SSSR count). The van der Waals surface area contributed by atoms with Gasteiger partial charge in [0.2, 0.25) is 0 Å². The van der Waals surface area contributed by atoms with Crippen molar-refractivity contribution in [3.8, 4) is 0 Å². The molecule has 156 valence electrons. The Labute approximate surface area is 167 Å². The van der Waals surface area contributed by atoms with Crippen molar-refractivity contribution in [2.75, 3.05) is 13.2 Å². The third-order valence-corrected chi connectivity index (χ3v) is 5.33. The Hall–Kier alpha value is -0.0400. The van der Waals surface area contributed by atoms with Crippen molar-refractivity contribution in [1.29, 1.82) is 0 Å². The van der Waals surface area contributed by atoms with Crippen LogP contribution in [0.25, 0.3) is 0 Å². The molecule has 0 aromatic rings. The Morgan fingerprint density at radius 2 is 0.538 bits per heavy atom. The van der Waals surface area contributed by atoms with Crippen LogP contribution >= 0.6 is 0 Å². The minimum absolute atomic E-state index is 0.966. The van der Waals surface area contributed by atoms with Gasteiger partial charge in [0, 0.05) is 13.2 Å². The lowest BCUT2D eigenvalue weighted by atomic mass is 10.0. The highest BCUT2D eigenvalue weighted by atomic mass is 16.5. The topological polar surface area (TPSA) is 9.23 Å². The number of hydrogen-bond acceptors (Lipinski definition) is 1. The van der Waals surface area contributed by atoms with Crippen molar-refractivity contribution in [3.05, 3.63) is 13.8 Å². The molecule has 0 aliphatic carbocycles. The van der Waals surface area contributed by atoms with Crippen LogP contribution in [0, 0.1) is 13.8 Å². The van der Waals surface area contributed by atoms with Crippen LogP contribution in [0.5, 0.6) is 0 Å². The van der Waals surface area contributed by atoms with Gasteiger partial charge in [0.05, 0.1) is 0 Å². The van der Waals surface area contributed by atoms with Gasteiger partial charge in [-0.05, 0) is 12.8 Å². The summed E-state index contributed by atoms with van der Waals surface area (Å²) in [5.41, 5.74) is 0. The van der Waals surface area contributed by atoms with Gasteiger partial charge in [-0.3, -0.25) is 0 Å². The number of unbranched alkanes of at least 4 members (excludes halogenated alkanes) is 19. The quantitative estimate of drug-likeness (QED) is 0.164. The molecule has 0 unspecified atom stereocenters. The minimum Gasteiger partial charge on any atom is -0.381 e. The fraction of sp³-hybridized carbons (Fsp3) is 0.920. The molecule has 1 heteroatoms. The van der Waals surface area contributed by atoms with Crippen LogP contribution in [0.4, 0.5) is 0 Å². The zero-order valence-corrected chi connectivity index (χ0v) is 18.1. The van der Waals surface area contributed by atoms with Crippen molar-refractivity contribution in [3.63, 3.8) is 0 Å². The second-order valence-electron chi connectivity index (χ2n) is 8.04. The van der Waals surface area contributed by atoms with Gasteiger partial charge in [-0.15, -0.1) is 0 Å². The maximum Gasteiger partial charge on any atom is 0.0466 e. The molecular formula is C25H50O. The first-order valence-corrected chi connectivity index (χ1v) is 12.1. The smallest absolute Gasteiger partial charge is 0.0466 e. The van der Waals surface area contributed by atoms with Gasteiger partial charge in [0.25, 0.3) is 0 Å². The Bertz CT molecular complexity index is 202. The monoisotopic (exact) mass is 366 g/mol. The van der Waals surface area contributed by atoms with Crippen LogP contribution in [0.2, 0.25) is 0 Å². The van der Waals surface area contributed by atoms with Crippen molar-refractivity contribution in [2.24, 2.45) is 0 Å². The summed E-state index contributed by atoms with van der Waals surface area (Å²) in [5, 5.41) is 0. The molecule has 0 bridgehead atoms. The van der Waals surface area contributed by atoms with Gasteiger partial charge in [0.15, 0.2) is 0 Å². The Morgan fingerprint density at radius 1 is 0.308 bits per heavy atom. The molecule has 0 aromatic carbocycles. The van der Waals surface area contributed by atoms with Crippen molar-refractivity contribution < 1.29 is 4.74 Å². The van der Waals surface area contributed by atoms with Crippen molar-refractivity contribution >= 4 is 0 Å². The predicted octanol–water partition coefficient (Wildman–Crippen LogP) is 8.86. The molecule has 1 nitrogen and oxygen atoms in total. The first-order chi connectivity index (χ1) is 12.9. The van der Waals surface area contributed by atoms with E-state index in [1.165, 1.54) is 122 Å². The zero-order chi connectivity index (χ0) is 19.0. The van der Waals surface area contributed by atoms with Gasteiger partial charge in [0.1, 0.15) is 0 Å². The predicted molar refractivity (Wildman–Crippen MR) is 118 cm³/mol. The molecule has 0 fully saturated rings. The molecule has 0 atom stereocenters. The first kappa shape index (κ1) is 26.0. The molecule has 0 aliphatic rings. The van der Waals surface area contributed by atoms with E-state index < -0.39 is 0 Å². The molecule has 2 radical (unpaired) electrons. The van der Waals surface area contributed by atoms with E-state index in [2.05, 4.69) is 13.8 Å². The standard InChI is InChI=1S/C25H50O/c1-3-5-7-9-10-11-12-13-14-15-16-17-18-19-21-23-25-26-24-22-20-8-6-4-2/h1-25H2. The van der Waals surface area contributed by atoms with Gasteiger partial charge in [-0.2, -0.15) is 0 Å². The fourth-order valence-corrected chi connectivity index (χ4v) is 3.52. The second-order valence-corrected chi connectivity index (χ2v) is 8.04.